The molecule has 0 aromatic carbocycles. The van der Waals surface area contributed by atoms with E-state index >= 15 is 0 Å². The lowest BCUT2D eigenvalue weighted by Gasteiger charge is -2.33. The molecule has 7 atom stereocenters. The van der Waals surface area contributed by atoms with Crippen molar-refractivity contribution < 1.29 is 33.8 Å². The first-order valence-electron chi connectivity index (χ1n) is 13.3. The van der Waals surface area contributed by atoms with Gasteiger partial charge >= 0.3 is 12.1 Å². The number of amides is 3. The van der Waals surface area contributed by atoms with Crippen molar-refractivity contribution in [1.82, 2.24) is 15.5 Å². The number of carbonyl (C=O) groups excluding carboxylic acids is 4. The first-order valence-corrected chi connectivity index (χ1v) is 13.3. The highest BCUT2D eigenvalue weighted by Crippen LogP contribution is 2.45. The van der Waals surface area contributed by atoms with Gasteiger partial charge in [0.15, 0.2) is 0 Å². The third-order valence-electron chi connectivity index (χ3n) is 7.20. The minimum absolute atomic E-state index is 0.0108. The fourth-order valence-corrected chi connectivity index (χ4v) is 5.14. The number of methoxy groups -OCH3 is 1. The van der Waals surface area contributed by atoms with E-state index in [1.54, 1.807) is 26.8 Å². The summed E-state index contributed by atoms with van der Waals surface area (Å²) in [5, 5.41) is 15.9. The van der Waals surface area contributed by atoms with E-state index in [1.807, 2.05) is 13.0 Å². The van der Waals surface area contributed by atoms with Gasteiger partial charge in [-0.2, -0.15) is 0 Å². The fourth-order valence-electron chi connectivity index (χ4n) is 5.14. The quantitative estimate of drug-likeness (QED) is 0.258. The van der Waals surface area contributed by atoms with Crippen LogP contribution in [0.25, 0.3) is 0 Å². The number of hydrogen-bond acceptors (Lipinski definition) is 7. The minimum Gasteiger partial charge on any atom is -0.467 e. The molecule has 2 aliphatic rings. The van der Waals surface area contributed by atoms with E-state index in [2.05, 4.69) is 30.7 Å². The molecule has 10 nitrogen and oxygen atoms in total. The second-order valence-electron chi connectivity index (χ2n) is 11.7. The average molecular weight is 536 g/mol. The maximum absolute atomic E-state index is 13.9. The minimum atomic E-state index is -1.22. The van der Waals surface area contributed by atoms with E-state index in [1.165, 1.54) is 12.0 Å². The molecule has 0 bridgehead atoms. The van der Waals surface area contributed by atoms with Crippen LogP contribution in [0.2, 0.25) is 0 Å². The number of allylic oxidation sites excluding steroid dienone is 1. The molecule has 3 amide bonds. The van der Waals surface area contributed by atoms with Crippen molar-refractivity contribution in [2.24, 2.45) is 17.8 Å². The van der Waals surface area contributed by atoms with Crippen molar-refractivity contribution >= 4 is 23.9 Å². The fraction of sp³-hybridized carbons (Fsp3) is 0.714. The Kier molecular flexibility index (Phi) is 10.5. The smallest absolute Gasteiger partial charge is 0.408 e. The molecule has 3 unspecified atom stereocenters. The van der Waals surface area contributed by atoms with E-state index in [9.17, 15) is 24.3 Å². The lowest BCUT2D eigenvalue weighted by atomic mass is 9.88. The molecular weight excluding hydrogens is 490 g/mol. The molecule has 0 aromatic rings. The number of ether oxygens (including phenoxy) is 2. The van der Waals surface area contributed by atoms with Crippen LogP contribution in [0.4, 0.5) is 4.79 Å². The summed E-state index contributed by atoms with van der Waals surface area (Å²) in [5.41, 5.74) is -1.99. The van der Waals surface area contributed by atoms with Crippen LogP contribution in [0, 0.1) is 17.8 Å². The largest absolute Gasteiger partial charge is 0.467 e. The van der Waals surface area contributed by atoms with Gasteiger partial charge in [0.25, 0.3) is 0 Å². The number of carbonyl (C=O) groups is 4. The molecule has 214 valence electrons. The van der Waals surface area contributed by atoms with Gasteiger partial charge < -0.3 is 30.1 Å². The van der Waals surface area contributed by atoms with Crippen molar-refractivity contribution in [2.75, 3.05) is 13.7 Å². The lowest BCUT2D eigenvalue weighted by molar-refractivity contribution is -0.148. The molecule has 10 heteroatoms. The Balaban J connectivity index is 2.27. The Labute approximate surface area is 226 Å². The molecular formula is C28H45N3O7. The first kappa shape index (κ1) is 31.3. The predicted octanol–water partition coefficient (Wildman–Crippen LogP) is 2.70. The summed E-state index contributed by atoms with van der Waals surface area (Å²) in [7, 11) is 1.24. The van der Waals surface area contributed by atoms with E-state index in [4.69, 9.17) is 9.47 Å². The summed E-state index contributed by atoms with van der Waals surface area (Å²) in [4.78, 5) is 53.7. The topological polar surface area (TPSA) is 134 Å². The van der Waals surface area contributed by atoms with Gasteiger partial charge in [-0.15, -0.1) is 13.2 Å². The molecule has 1 aliphatic heterocycles. The number of alkyl carbamates (subject to hydrolysis) is 1. The van der Waals surface area contributed by atoms with Crippen LogP contribution in [0.5, 0.6) is 0 Å². The lowest BCUT2D eigenvalue weighted by Crippen LogP contribution is -2.58. The van der Waals surface area contributed by atoms with Gasteiger partial charge in [0, 0.05) is 18.9 Å². The highest BCUT2D eigenvalue weighted by atomic mass is 16.6. The standard InChI is InChI=1S/C28H45N3O7/c1-9-11-12-17(3)13-18(4)22(29-26(36)38-27(5,6)7)24(34)31-16-20(32)14-21(31)23(33)30-28(25(35)37-8)15-19(28)10-2/h9-10,17-22,32H,1-2,11-16H2,3-8H3,(H,29,36)(H,30,33)/t17?,18-,19?,20-,21+,22+,28?/m1/s1. The van der Waals surface area contributed by atoms with Crippen molar-refractivity contribution in [1.29, 1.82) is 0 Å². The average Bonchev–Trinajstić information content (AvgIpc) is 3.40. The van der Waals surface area contributed by atoms with Gasteiger partial charge in [0.05, 0.1) is 13.2 Å². The highest BCUT2D eigenvalue weighted by Gasteiger charge is 2.61. The van der Waals surface area contributed by atoms with Crippen LogP contribution < -0.4 is 10.6 Å². The predicted molar refractivity (Wildman–Crippen MR) is 143 cm³/mol. The number of aliphatic hydroxyl groups excluding tert-OH is 1. The van der Waals surface area contributed by atoms with Crippen LogP contribution in [0.3, 0.4) is 0 Å². The van der Waals surface area contributed by atoms with Crippen LogP contribution in [-0.4, -0.2) is 76.9 Å². The second-order valence-corrected chi connectivity index (χ2v) is 11.7. The molecule has 1 saturated carbocycles. The Morgan fingerprint density at radius 3 is 2.39 bits per heavy atom. The summed E-state index contributed by atoms with van der Waals surface area (Å²) in [6.45, 7) is 16.5. The molecule has 1 saturated heterocycles. The molecule has 2 fully saturated rings. The van der Waals surface area contributed by atoms with Crippen LogP contribution in [0.15, 0.2) is 25.3 Å². The van der Waals surface area contributed by atoms with Gasteiger partial charge in [0.2, 0.25) is 11.8 Å². The summed E-state index contributed by atoms with van der Waals surface area (Å²) in [5.74, 6) is -1.95. The van der Waals surface area contributed by atoms with Crippen molar-refractivity contribution in [3.05, 3.63) is 25.3 Å². The zero-order valence-corrected chi connectivity index (χ0v) is 23.6. The third-order valence-corrected chi connectivity index (χ3v) is 7.20. The third kappa shape index (κ3) is 7.82. The highest BCUT2D eigenvalue weighted by molar-refractivity contribution is 5.96. The maximum atomic E-state index is 13.9. The van der Waals surface area contributed by atoms with Crippen LogP contribution in [0.1, 0.15) is 66.7 Å². The van der Waals surface area contributed by atoms with Crippen molar-refractivity contribution in [3.8, 4) is 0 Å². The van der Waals surface area contributed by atoms with Gasteiger partial charge in [-0.1, -0.05) is 26.0 Å². The van der Waals surface area contributed by atoms with Crippen molar-refractivity contribution in [3.63, 3.8) is 0 Å². The number of likely N-dealkylation sites (tertiary alicyclic amines) is 1. The molecule has 0 aromatic heterocycles. The molecule has 0 radical (unpaired) electrons. The number of rotatable bonds is 12. The van der Waals surface area contributed by atoms with Gasteiger partial charge in [-0.05, 0) is 58.3 Å². The molecule has 1 aliphatic carbocycles. The van der Waals surface area contributed by atoms with Crippen LogP contribution >= 0.6 is 0 Å². The normalized spacial score (nSPS) is 26.9. The number of nitrogens with zero attached hydrogens (tertiary/aromatic N) is 1. The molecule has 1 heterocycles. The zero-order chi connectivity index (χ0) is 28.8. The van der Waals surface area contributed by atoms with Crippen LogP contribution in [-0.2, 0) is 23.9 Å². The first-order chi connectivity index (χ1) is 17.7. The zero-order valence-electron chi connectivity index (χ0n) is 23.6. The summed E-state index contributed by atoms with van der Waals surface area (Å²) >= 11 is 0. The van der Waals surface area contributed by atoms with Gasteiger partial charge in [-0.3, -0.25) is 9.59 Å². The number of nitrogens with one attached hydrogen (secondary N) is 2. The summed E-state index contributed by atoms with van der Waals surface area (Å²) in [6, 6.07) is -1.99. The molecule has 3 N–H and O–H groups in total. The number of β-amino-alcohol motifs (C(OH)–C–C–N with tert-alkyl or cyclic N) is 1. The Morgan fingerprint density at radius 2 is 1.87 bits per heavy atom. The Bertz CT molecular complexity index is 915. The Morgan fingerprint density at radius 1 is 1.21 bits per heavy atom. The van der Waals surface area contributed by atoms with Gasteiger partial charge in [-0.25, -0.2) is 9.59 Å². The summed E-state index contributed by atoms with van der Waals surface area (Å²) < 4.78 is 10.3. The van der Waals surface area contributed by atoms with Gasteiger partial charge in [0.1, 0.15) is 23.2 Å². The molecule has 0 spiro atoms. The summed E-state index contributed by atoms with van der Waals surface area (Å²) in [6.07, 6.45) is 4.47. The maximum Gasteiger partial charge on any atom is 0.408 e. The second kappa shape index (κ2) is 12.8. The van der Waals surface area contributed by atoms with Crippen molar-refractivity contribution in [2.45, 2.75) is 96.1 Å². The monoisotopic (exact) mass is 535 g/mol. The SMILES string of the molecule is C=CCCC(C)C[C@@H](C)[C@H](NC(=O)OC(C)(C)C)C(=O)N1C[C@H](O)C[C@H]1C(=O)NC1(C(=O)OC)CC1C=C. The van der Waals surface area contributed by atoms with E-state index in [0.29, 0.717) is 12.8 Å². The van der Waals surface area contributed by atoms with E-state index in [0.717, 1.165) is 12.8 Å². The van der Waals surface area contributed by atoms with E-state index < -0.39 is 53.2 Å². The molecule has 2 rings (SSSR count). The number of aliphatic hydroxyl groups is 1. The number of hydrogen-bond donors (Lipinski definition) is 3. The molecule has 38 heavy (non-hydrogen) atoms. The van der Waals surface area contributed by atoms with E-state index in [-0.39, 0.29) is 30.7 Å². The Hall–Kier alpha value is -2.88. The number of esters is 1.